The number of hydrogen-bond donors (Lipinski definition) is 1. The van der Waals surface area contributed by atoms with Crippen molar-refractivity contribution in [3.63, 3.8) is 0 Å². The summed E-state index contributed by atoms with van der Waals surface area (Å²) in [5, 5.41) is 5.23. The van der Waals surface area contributed by atoms with E-state index in [4.69, 9.17) is 11.6 Å². The van der Waals surface area contributed by atoms with E-state index >= 15 is 0 Å². The molecule has 0 radical (unpaired) electrons. The van der Waals surface area contributed by atoms with Gasteiger partial charge in [-0.3, -0.25) is 14.2 Å². The van der Waals surface area contributed by atoms with Gasteiger partial charge in [0.1, 0.15) is 4.70 Å². The molecule has 6 nitrogen and oxygen atoms in total. The van der Waals surface area contributed by atoms with Crippen LogP contribution in [0, 0.1) is 0 Å². The number of rotatable bonds is 4. The van der Waals surface area contributed by atoms with E-state index in [0.29, 0.717) is 21.1 Å². The maximum absolute atomic E-state index is 12.2. The molecule has 118 valence electrons. The topological polar surface area (TPSA) is 76.9 Å². The SMILES string of the molecule is Cn1c(SCC(=O)Nc2cccnc2Cl)nc2ccsc2c1=O. The molecule has 3 aromatic heterocycles. The summed E-state index contributed by atoms with van der Waals surface area (Å²) in [6.45, 7) is 0. The highest BCUT2D eigenvalue weighted by Crippen LogP contribution is 2.21. The number of amides is 1. The van der Waals surface area contributed by atoms with Crippen molar-refractivity contribution in [2.75, 3.05) is 11.1 Å². The lowest BCUT2D eigenvalue weighted by Gasteiger charge is -2.08. The van der Waals surface area contributed by atoms with Gasteiger partial charge in [0.05, 0.1) is 17.0 Å². The molecule has 0 bridgehead atoms. The van der Waals surface area contributed by atoms with Crippen LogP contribution in [0.2, 0.25) is 5.15 Å². The standard InChI is InChI=1S/C14H11ClN4O2S2/c1-19-13(21)11-8(4-6-22-11)18-14(19)23-7-10(20)17-9-3-2-5-16-12(9)15/h2-6H,7H2,1H3,(H,17,20). The second-order valence-electron chi connectivity index (χ2n) is 4.57. The Morgan fingerprint density at radius 2 is 2.30 bits per heavy atom. The Hall–Kier alpha value is -1.90. The number of hydrogen-bond acceptors (Lipinski definition) is 6. The van der Waals surface area contributed by atoms with Crippen molar-refractivity contribution in [1.82, 2.24) is 14.5 Å². The van der Waals surface area contributed by atoms with Gasteiger partial charge in [-0.25, -0.2) is 9.97 Å². The third-order valence-electron chi connectivity index (χ3n) is 3.01. The van der Waals surface area contributed by atoms with E-state index in [1.807, 2.05) is 5.38 Å². The Balaban J connectivity index is 1.73. The fourth-order valence-electron chi connectivity index (χ4n) is 1.89. The summed E-state index contributed by atoms with van der Waals surface area (Å²) in [6.07, 6.45) is 1.54. The summed E-state index contributed by atoms with van der Waals surface area (Å²) in [6, 6.07) is 5.15. The van der Waals surface area contributed by atoms with Crippen LogP contribution in [0.1, 0.15) is 0 Å². The highest BCUT2D eigenvalue weighted by atomic mass is 35.5. The number of fused-ring (bicyclic) bond motifs is 1. The van der Waals surface area contributed by atoms with Crippen molar-refractivity contribution in [2.45, 2.75) is 5.16 Å². The van der Waals surface area contributed by atoms with E-state index in [0.717, 1.165) is 0 Å². The van der Waals surface area contributed by atoms with Crippen LogP contribution >= 0.6 is 34.7 Å². The third-order valence-corrected chi connectivity index (χ3v) is 5.23. The molecule has 3 heterocycles. The second-order valence-corrected chi connectivity index (χ2v) is 6.79. The molecule has 0 aliphatic carbocycles. The van der Waals surface area contributed by atoms with Crippen LogP contribution in [0.25, 0.3) is 10.2 Å². The van der Waals surface area contributed by atoms with Crippen molar-refractivity contribution in [1.29, 1.82) is 0 Å². The minimum Gasteiger partial charge on any atom is -0.323 e. The minimum atomic E-state index is -0.246. The molecule has 0 fully saturated rings. The van der Waals surface area contributed by atoms with E-state index in [9.17, 15) is 9.59 Å². The molecule has 0 aromatic carbocycles. The fourth-order valence-corrected chi connectivity index (χ4v) is 3.64. The molecular formula is C14H11ClN4O2S2. The summed E-state index contributed by atoms with van der Waals surface area (Å²) >= 11 is 8.45. The first-order valence-corrected chi connectivity index (χ1v) is 8.78. The van der Waals surface area contributed by atoms with Gasteiger partial charge in [0.2, 0.25) is 5.91 Å². The number of nitrogens with one attached hydrogen (secondary N) is 1. The van der Waals surface area contributed by atoms with Gasteiger partial charge in [0.15, 0.2) is 10.3 Å². The zero-order valence-corrected chi connectivity index (χ0v) is 14.3. The molecule has 1 N–H and O–H groups in total. The predicted octanol–water partition coefficient (Wildman–Crippen LogP) is 2.77. The molecule has 1 amide bonds. The van der Waals surface area contributed by atoms with Gasteiger partial charge in [-0.2, -0.15) is 0 Å². The summed E-state index contributed by atoms with van der Waals surface area (Å²) in [5.41, 5.74) is 0.995. The first-order valence-electron chi connectivity index (χ1n) is 6.53. The van der Waals surface area contributed by atoms with E-state index in [-0.39, 0.29) is 22.4 Å². The quantitative estimate of drug-likeness (QED) is 0.436. The lowest BCUT2D eigenvalue weighted by molar-refractivity contribution is -0.113. The first kappa shape index (κ1) is 16.0. The molecule has 9 heteroatoms. The molecule has 23 heavy (non-hydrogen) atoms. The molecule has 0 aliphatic heterocycles. The molecule has 0 saturated carbocycles. The summed E-state index contributed by atoms with van der Waals surface area (Å²) in [7, 11) is 1.65. The summed E-state index contributed by atoms with van der Waals surface area (Å²) < 4.78 is 2.07. The highest BCUT2D eigenvalue weighted by Gasteiger charge is 2.12. The Labute approximate surface area is 144 Å². The molecular weight excluding hydrogens is 356 g/mol. The normalized spacial score (nSPS) is 10.9. The average Bonchev–Trinajstić information content (AvgIpc) is 3.00. The molecule has 0 atom stereocenters. The van der Waals surface area contributed by atoms with Crippen molar-refractivity contribution in [2.24, 2.45) is 7.05 Å². The zero-order valence-electron chi connectivity index (χ0n) is 11.9. The Bertz CT molecular complexity index is 938. The fraction of sp³-hybridized carbons (Fsp3) is 0.143. The van der Waals surface area contributed by atoms with Gasteiger partial charge in [0.25, 0.3) is 5.56 Å². The van der Waals surface area contributed by atoms with Gasteiger partial charge >= 0.3 is 0 Å². The largest absolute Gasteiger partial charge is 0.323 e. The number of thioether (sulfide) groups is 1. The number of anilines is 1. The lowest BCUT2D eigenvalue weighted by Crippen LogP contribution is -2.20. The average molecular weight is 367 g/mol. The number of thiophene rings is 1. The summed E-state index contributed by atoms with van der Waals surface area (Å²) in [4.78, 5) is 32.5. The smallest absolute Gasteiger partial charge is 0.271 e. The van der Waals surface area contributed by atoms with E-state index in [1.54, 1.807) is 31.4 Å². The number of nitrogens with zero attached hydrogens (tertiary/aromatic N) is 3. The molecule has 0 unspecified atom stereocenters. The van der Waals surface area contributed by atoms with Crippen molar-refractivity contribution >= 4 is 56.5 Å². The number of pyridine rings is 1. The molecule has 0 saturated heterocycles. The van der Waals surface area contributed by atoms with Crippen LogP contribution in [0.5, 0.6) is 0 Å². The highest BCUT2D eigenvalue weighted by molar-refractivity contribution is 7.99. The van der Waals surface area contributed by atoms with Crippen molar-refractivity contribution < 1.29 is 4.79 Å². The second kappa shape index (κ2) is 6.69. The van der Waals surface area contributed by atoms with Crippen LogP contribution in [-0.4, -0.2) is 26.2 Å². The van der Waals surface area contributed by atoms with E-state index in [2.05, 4.69) is 15.3 Å². The molecule has 3 aromatic rings. The maximum Gasteiger partial charge on any atom is 0.271 e. The van der Waals surface area contributed by atoms with E-state index < -0.39 is 0 Å². The predicted molar refractivity (Wildman–Crippen MR) is 93.5 cm³/mol. The van der Waals surface area contributed by atoms with E-state index in [1.165, 1.54) is 27.7 Å². The monoisotopic (exact) mass is 366 g/mol. The number of carbonyl (C=O) groups is 1. The van der Waals surface area contributed by atoms with Gasteiger partial charge in [-0.1, -0.05) is 23.4 Å². The van der Waals surface area contributed by atoms with Crippen molar-refractivity contribution in [3.05, 3.63) is 45.3 Å². The Morgan fingerprint density at radius 1 is 1.48 bits per heavy atom. The number of carbonyl (C=O) groups excluding carboxylic acids is 1. The maximum atomic E-state index is 12.2. The number of aromatic nitrogens is 3. The molecule has 3 rings (SSSR count). The lowest BCUT2D eigenvalue weighted by atomic mass is 10.4. The van der Waals surface area contributed by atoms with Gasteiger partial charge < -0.3 is 5.32 Å². The van der Waals surface area contributed by atoms with Gasteiger partial charge in [0, 0.05) is 13.2 Å². The molecule has 0 aliphatic rings. The van der Waals surface area contributed by atoms with Crippen LogP contribution < -0.4 is 10.9 Å². The van der Waals surface area contributed by atoms with Crippen LogP contribution in [0.4, 0.5) is 5.69 Å². The summed E-state index contributed by atoms with van der Waals surface area (Å²) in [5.74, 6) is -0.134. The molecule has 0 spiro atoms. The Kier molecular flexibility index (Phi) is 4.65. The van der Waals surface area contributed by atoms with Gasteiger partial charge in [-0.05, 0) is 23.6 Å². The zero-order chi connectivity index (χ0) is 16.4. The van der Waals surface area contributed by atoms with Crippen molar-refractivity contribution in [3.8, 4) is 0 Å². The van der Waals surface area contributed by atoms with Gasteiger partial charge in [-0.15, -0.1) is 11.3 Å². The van der Waals surface area contributed by atoms with Crippen LogP contribution in [0.3, 0.4) is 0 Å². The third kappa shape index (κ3) is 3.39. The van der Waals surface area contributed by atoms with Crippen LogP contribution in [0.15, 0.2) is 39.7 Å². The van der Waals surface area contributed by atoms with Crippen LogP contribution in [-0.2, 0) is 11.8 Å². The number of halogens is 1. The minimum absolute atomic E-state index is 0.108. The first-order chi connectivity index (χ1) is 11.1. The Morgan fingerprint density at radius 3 is 3.09 bits per heavy atom.